The van der Waals surface area contributed by atoms with Crippen LogP contribution in [0.2, 0.25) is 0 Å². The maximum absolute atomic E-state index is 7.68. The van der Waals surface area contributed by atoms with E-state index in [0.717, 1.165) is 36.9 Å². The van der Waals surface area contributed by atoms with E-state index in [1.165, 1.54) is 103 Å². The molecule has 3 nitrogen and oxygen atoms in total. The normalized spacial score (nSPS) is 22.8. The summed E-state index contributed by atoms with van der Waals surface area (Å²) in [7, 11) is 0. The van der Waals surface area contributed by atoms with E-state index in [9.17, 15) is 0 Å². The Hall–Kier alpha value is -4.96. The molecule has 6 aliphatic rings. The zero-order valence-corrected chi connectivity index (χ0v) is 43.3. The van der Waals surface area contributed by atoms with Gasteiger partial charge in [0.2, 0.25) is 0 Å². The third-order valence-corrected chi connectivity index (χ3v) is 18.3. The molecule has 2 atom stereocenters. The number of furan rings is 1. The van der Waals surface area contributed by atoms with Crippen molar-refractivity contribution in [3.8, 4) is 0 Å². The third kappa shape index (κ3) is 6.79. The van der Waals surface area contributed by atoms with Crippen molar-refractivity contribution < 1.29 is 4.42 Å². The number of fused-ring (bicyclic) bond motifs is 8. The molecule has 4 aliphatic carbocycles. The van der Waals surface area contributed by atoms with E-state index in [1.807, 2.05) is 0 Å². The van der Waals surface area contributed by atoms with E-state index in [2.05, 4.69) is 204 Å². The van der Waals surface area contributed by atoms with Crippen LogP contribution in [0, 0.1) is 23.7 Å². The highest BCUT2D eigenvalue weighted by Gasteiger charge is 2.50. The molecule has 346 valence electrons. The van der Waals surface area contributed by atoms with Crippen molar-refractivity contribution in [3.05, 3.63) is 142 Å². The minimum atomic E-state index is -0.0922. The van der Waals surface area contributed by atoms with E-state index in [4.69, 9.17) is 4.42 Å². The molecule has 0 N–H and O–H groups in total. The van der Waals surface area contributed by atoms with E-state index < -0.39 is 0 Å². The smallest absolute Gasteiger partial charge is 0.297 e. The van der Waals surface area contributed by atoms with Gasteiger partial charge in [-0.15, -0.1) is 0 Å². The van der Waals surface area contributed by atoms with E-state index in [-0.39, 0.29) is 33.8 Å². The lowest BCUT2D eigenvalue weighted by molar-refractivity contribution is 0.123. The largest absolute Gasteiger partial charge is 0.468 e. The monoisotopic (exact) mass is 887 g/mol. The summed E-state index contributed by atoms with van der Waals surface area (Å²) in [5, 5.41) is 1.23. The number of allylic oxidation sites excluding steroid dienone is 7. The van der Waals surface area contributed by atoms with Crippen molar-refractivity contribution in [2.75, 3.05) is 9.80 Å². The SMILES string of the molecule is CCC(C)(C)c1cc2c(cc1C(C)C)N(C1=CCC3C(=C1)C(C)(C)CCC3(C)C)c1cc(C)cc3c1B2c1oc2cc4c(cc2c1N3c1cccc(C2C=CC=CC2)c1)C(C)(C)CCC4(C)C. The third-order valence-electron chi connectivity index (χ3n) is 18.3. The second kappa shape index (κ2) is 15.0. The molecule has 5 aromatic rings. The van der Waals surface area contributed by atoms with Crippen LogP contribution in [0.1, 0.15) is 180 Å². The van der Waals surface area contributed by atoms with Gasteiger partial charge < -0.3 is 14.2 Å². The summed E-state index contributed by atoms with van der Waals surface area (Å²) in [4.78, 5) is 5.33. The first-order valence-electron chi connectivity index (χ1n) is 26.0. The highest BCUT2D eigenvalue weighted by Crippen LogP contribution is 2.57. The van der Waals surface area contributed by atoms with Gasteiger partial charge in [-0.2, -0.15) is 0 Å². The van der Waals surface area contributed by atoms with Crippen LogP contribution in [0.5, 0.6) is 0 Å². The molecule has 2 aliphatic heterocycles. The van der Waals surface area contributed by atoms with Gasteiger partial charge in [0, 0.05) is 39.8 Å². The summed E-state index contributed by atoms with van der Waals surface area (Å²) in [6.07, 6.45) is 22.3. The van der Waals surface area contributed by atoms with Crippen LogP contribution < -0.4 is 26.4 Å². The maximum atomic E-state index is 7.68. The zero-order valence-electron chi connectivity index (χ0n) is 43.3. The summed E-state index contributed by atoms with van der Waals surface area (Å²) < 4.78 is 7.68. The molecule has 2 unspecified atom stereocenters. The van der Waals surface area contributed by atoms with Gasteiger partial charge in [0.1, 0.15) is 5.58 Å². The topological polar surface area (TPSA) is 19.6 Å². The fourth-order valence-corrected chi connectivity index (χ4v) is 13.5. The second-order valence-corrected chi connectivity index (χ2v) is 25.3. The number of benzene rings is 4. The summed E-state index contributed by atoms with van der Waals surface area (Å²) in [5.74, 6) is 1.25. The number of anilines is 5. The number of hydrogen-bond donors (Lipinski definition) is 0. The van der Waals surface area contributed by atoms with Gasteiger partial charge in [-0.25, -0.2) is 0 Å². The van der Waals surface area contributed by atoms with Crippen LogP contribution in [0.25, 0.3) is 11.0 Å². The highest BCUT2D eigenvalue weighted by atomic mass is 16.3. The molecule has 0 saturated heterocycles. The Labute approximate surface area is 403 Å². The van der Waals surface area contributed by atoms with Crippen molar-refractivity contribution >= 4 is 62.7 Å². The van der Waals surface area contributed by atoms with Gasteiger partial charge in [-0.3, -0.25) is 0 Å². The molecule has 0 radical (unpaired) electrons. The Bertz CT molecular complexity index is 3010. The van der Waals surface area contributed by atoms with Crippen molar-refractivity contribution in [3.63, 3.8) is 0 Å². The molecule has 1 fully saturated rings. The first kappa shape index (κ1) is 44.5. The average molecular weight is 887 g/mol. The van der Waals surface area contributed by atoms with Gasteiger partial charge in [0.05, 0.1) is 11.3 Å². The van der Waals surface area contributed by atoms with E-state index in [1.54, 1.807) is 5.57 Å². The van der Waals surface area contributed by atoms with Gasteiger partial charge >= 0.3 is 0 Å². The summed E-state index contributed by atoms with van der Waals surface area (Å²) in [5.41, 5.74) is 23.0. The summed E-state index contributed by atoms with van der Waals surface area (Å²) >= 11 is 0. The number of rotatable bonds is 6. The van der Waals surface area contributed by atoms with Crippen LogP contribution >= 0.6 is 0 Å². The Morgan fingerprint density at radius 1 is 0.776 bits per heavy atom. The second-order valence-electron chi connectivity index (χ2n) is 25.3. The molecule has 4 heteroatoms. The molecule has 1 saturated carbocycles. The van der Waals surface area contributed by atoms with Crippen molar-refractivity contribution in [1.82, 2.24) is 0 Å². The van der Waals surface area contributed by atoms with Gasteiger partial charge in [-0.05, 0) is 184 Å². The molecule has 0 spiro atoms. The predicted molar refractivity (Wildman–Crippen MR) is 288 cm³/mol. The lowest BCUT2D eigenvalue weighted by Crippen LogP contribution is -2.61. The Morgan fingerprint density at radius 3 is 2.16 bits per heavy atom. The van der Waals surface area contributed by atoms with Gasteiger partial charge in [0.15, 0.2) is 0 Å². The molecule has 0 bridgehead atoms. The molecule has 4 aromatic carbocycles. The number of hydrogen-bond acceptors (Lipinski definition) is 3. The first-order valence-corrected chi connectivity index (χ1v) is 26.0. The van der Waals surface area contributed by atoms with Crippen LogP contribution in [-0.4, -0.2) is 6.71 Å². The van der Waals surface area contributed by atoms with Crippen molar-refractivity contribution in [2.24, 2.45) is 16.7 Å². The fourth-order valence-electron chi connectivity index (χ4n) is 13.5. The van der Waals surface area contributed by atoms with E-state index >= 15 is 0 Å². The lowest BCUT2D eigenvalue weighted by atomic mass is 9.35. The predicted octanol–water partition coefficient (Wildman–Crippen LogP) is 15.9. The molecule has 3 heterocycles. The van der Waals surface area contributed by atoms with Crippen LogP contribution in [0.15, 0.2) is 113 Å². The average Bonchev–Trinajstić information content (AvgIpc) is 3.67. The summed E-state index contributed by atoms with van der Waals surface area (Å²) in [6, 6.07) is 24.7. The fraction of sp³-hybridized carbons (Fsp3) is 0.460. The summed E-state index contributed by atoms with van der Waals surface area (Å²) in [6.45, 7) is 34.1. The number of aryl methyl sites for hydroxylation is 1. The van der Waals surface area contributed by atoms with Gasteiger partial charge in [0.25, 0.3) is 6.71 Å². The Balaban J connectivity index is 1.25. The molecule has 1 aromatic heterocycles. The zero-order chi connectivity index (χ0) is 47.3. The van der Waals surface area contributed by atoms with E-state index in [0.29, 0.717) is 17.8 Å². The standard InChI is InChI=1S/C63H75BN2O/c1-15-59(5,6)47-36-51-52(35-44(47)38(2)3)65(43-24-25-46-48(33-43)61(9,10)27-26-60(46,7)8)53-30-39(4)31-54-56(53)64(51)58-57(66(54)42-23-19-22-41(32-42)40-20-17-16-18-21-40)45-34-49-50(37-55(45)67-58)63(13,14)29-28-62(49,11)12/h16-20,22-24,30-38,40,46H,15,21,25-29H2,1-14H3. The van der Waals surface area contributed by atoms with Crippen molar-refractivity contribution in [2.45, 2.75) is 170 Å². The molecule has 11 rings (SSSR count). The molecular formula is C63H75BN2O. The highest BCUT2D eigenvalue weighted by molar-refractivity contribution is 7.00. The minimum Gasteiger partial charge on any atom is -0.468 e. The van der Waals surface area contributed by atoms with Crippen LogP contribution in [0.3, 0.4) is 0 Å². The van der Waals surface area contributed by atoms with Crippen molar-refractivity contribution in [1.29, 1.82) is 0 Å². The lowest BCUT2D eigenvalue weighted by Gasteiger charge is -2.51. The maximum Gasteiger partial charge on any atom is 0.297 e. The molecule has 0 amide bonds. The number of nitrogens with zero attached hydrogens (tertiary/aromatic N) is 2. The Morgan fingerprint density at radius 2 is 1.48 bits per heavy atom. The first-order chi connectivity index (χ1) is 31.6. The van der Waals surface area contributed by atoms with Crippen LogP contribution in [-0.2, 0) is 16.2 Å². The van der Waals surface area contributed by atoms with Crippen LogP contribution in [0.4, 0.5) is 28.4 Å². The Kier molecular flexibility index (Phi) is 9.99. The molecular weight excluding hydrogens is 812 g/mol. The quantitative estimate of drug-likeness (QED) is 0.155. The molecule has 67 heavy (non-hydrogen) atoms. The van der Waals surface area contributed by atoms with Gasteiger partial charge in [-0.1, -0.05) is 144 Å². The minimum absolute atomic E-state index is 0.0102.